The summed E-state index contributed by atoms with van der Waals surface area (Å²) in [7, 11) is 1.63. The molecule has 0 saturated carbocycles. The molecular formula is C16H13BrN2O2. The molecule has 2 aromatic carbocycles. The van der Waals surface area contributed by atoms with Gasteiger partial charge in [0.2, 0.25) is 0 Å². The van der Waals surface area contributed by atoms with Crippen LogP contribution in [-0.4, -0.2) is 12.3 Å². The van der Waals surface area contributed by atoms with E-state index in [1.807, 2.05) is 48.5 Å². The number of halogens is 1. The van der Waals surface area contributed by atoms with Gasteiger partial charge in [-0.2, -0.15) is 0 Å². The number of benzene rings is 2. The summed E-state index contributed by atoms with van der Waals surface area (Å²) in [5.41, 5.74) is 8.62. The maximum Gasteiger partial charge on any atom is 0.176 e. The molecule has 106 valence electrons. The summed E-state index contributed by atoms with van der Waals surface area (Å²) in [6.45, 7) is 0. The molecule has 0 unspecified atom stereocenters. The quantitative estimate of drug-likeness (QED) is 0.766. The predicted molar refractivity (Wildman–Crippen MR) is 86.0 cm³/mol. The SMILES string of the molecule is COc1ccc(-c2c(N)noc2-c2ccc(Br)cc2)cc1. The van der Waals surface area contributed by atoms with E-state index in [-0.39, 0.29) is 0 Å². The fourth-order valence-corrected chi connectivity index (χ4v) is 2.40. The summed E-state index contributed by atoms with van der Waals surface area (Å²) in [4.78, 5) is 0. The van der Waals surface area contributed by atoms with Gasteiger partial charge in [0, 0.05) is 10.0 Å². The highest BCUT2D eigenvalue weighted by Gasteiger charge is 2.17. The number of methoxy groups -OCH3 is 1. The molecule has 2 N–H and O–H groups in total. The number of rotatable bonds is 3. The Morgan fingerprint density at radius 2 is 1.62 bits per heavy atom. The number of nitrogens with two attached hydrogens (primary N) is 1. The Morgan fingerprint density at radius 3 is 2.24 bits per heavy atom. The molecule has 21 heavy (non-hydrogen) atoms. The molecule has 0 aliphatic rings. The Kier molecular flexibility index (Phi) is 3.66. The van der Waals surface area contributed by atoms with Crippen molar-refractivity contribution in [2.45, 2.75) is 0 Å². The van der Waals surface area contributed by atoms with Crippen molar-refractivity contribution < 1.29 is 9.26 Å². The topological polar surface area (TPSA) is 61.3 Å². The minimum Gasteiger partial charge on any atom is -0.497 e. The lowest BCUT2D eigenvalue weighted by atomic mass is 10.0. The first-order chi connectivity index (χ1) is 10.2. The monoisotopic (exact) mass is 344 g/mol. The van der Waals surface area contributed by atoms with Crippen molar-refractivity contribution in [1.29, 1.82) is 0 Å². The van der Waals surface area contributed by atoms with Crippen molar-refractivity contribution in [3.05, 3.63) is 53.0 Å². The molecule has 1 aromatic heterocycles. The highest BCUT2D eigenvalue weighted by atomic mass is 79.9. The van der Waals surface area contributed by atoms with E-state index in [9.17, 15) is 0 Å². The lowest BCUT2D eigenvalue weighted by Crippen LogP contribution is -1.89. The van der Waals surface area contributed by atoms with Gasteiger partial charge in [-0.3, -0.25) is 0 Å². The Hall–Kier alpha value is -2.27. The lowest BCUT2D eigenvalue weighted by Gasteiger charge is -2.05. The summed E-state index contributed by atoms with van der Waals surface area (Å²) in [6, 6.07) is 15.4. The molecule has 4 nitrogen and oxygen atoms in total. The molecule has 0 fully saturated rings. The van der Waals surface area contributed by atoms with E-state index in [2.05, 4.69) is 21.1 Å². The molecule has 3 aromatic rings. The summed E-state index contributed by atoms with van der Waals surface area (Å²) >= 11 is 3.42. The fraction of sp³-hybridized carbons (Fsp3) is 0.0625. The standard InChI is InChI=1S/C16H13BrN2O2/c1-20-13-8-4-10(5-9-13)14-15(21-19-16(14)18)11-2-6-12(17)7-3-11/h2-9H,1H3,(H2,18,19). The van der Waals surface area contributed by atoms with Crippen LogP contribution in [0.1, 0.15) is 0 Å². The Morgan fingerprint density at radius 1 is 1.00 bits per heavy atom. The van der Waals surface area contributed by atoms with Crippen LogP contribution in [-0.2, 0) is 0 Å². The predicted octanol–water partition coefficient (Wildman–Crippen LogP) is 4.36. The second-order valence-corrected chi connectivity index (χ2v) is 5.42. The van der Waals surface area contributed by atoms with Crippen molar-refractivity contribution in [3.8, 4) is 28.2 Å². The third-order valence-corrected chi connectivity index (χ3v) is 3.73. The van der Waals surface area contributed by atoms with Gasteiger partial charge >= 0.3 is 0 Å². The number of aromatic nitrogens is 1. The molecule has 0 aliphatic heterocycles. The minimum absolute atomic E-state index is 0.373. The second kappa shape index (κ2) is 5.61. The van der Waals surface area contributed by atoms with Crippen LogP contribution in [0.25, 0.3) is 22.5 Å². The molecule has 3 rings (SSSR count). The first-order valence-electron chi connectivity index (χ1n) is 6.34. The molecule has 0 amide bonds. The molecular weight excluding hydrogens is 332 g/mol. The van der Waals surface area contributed by atoms with Crippen molar-refractivity contribution in [1.82, 2.24) is 5.16 Å². The first kappa shape index (κ1) is 13.7. The summed E-state index contributed by atoms with van der Waals surface area (Å²) in [5.74, 6) is 1.82. The van der Waals surface area contributed by atoms with Gasteiger partial charge in [0.1, 0.15) is 5.75 Å². The fourth-order valence-electron chi connectivity index (χ4n) is 2.14. The van der Waals surface area contributed by atoms with Crippen molar-refractivity contribution in [2.24, 2.45) is 0 Å². The van der Waals surface area contributed by atoms with Crippen LogP contribution >= 0.6 is 15.9 Å². The summed E-state index contributed by atoms with van der Waals surface area (Å²) in [5, 5.41) is 3.89. The van der Waals surface area contributed by atoms with Gasteiger partial charge in [0.15, 0.2) is 11.6 Å². The molecule has 0 atom stereocenters. The zero-order valence-electron chi connectivity index (χ0n) is 11.3. The Balaban J connectivity index is 2.09. The van der Waals surface area contributed by atoms with Crippen molar-refractivity contribution in [3.63, 3.8) is 0 Å². The van der Waals surface area contributed by atoms with Crippen LogP contribution in [0.4, 0.5) is 5.82 Å². The van der Waals surface area contributed by atoms with Crippen molar-refractivity contribution >= 4 is 21.7 Å². The van der Waals surface area contributed by atoms with Gasteiger partial charge in [-0.15, -0.1) is 0 Å². The zero-order valence-corrected chi connectivity index (χ0v) is 12.9. The largest absolute Gasteiger partial charge is 0.497 e. The van der Waals surface area contributed by atoms with E-state index in [0.717, 1.165) is 26.9 Å². The molecule has 1 heterocycles. The van der Waals surface area contributed by atoms with E-state index < -0.39 is 0 Å². The third kappa shape index (κ3) is 2.64. The first-order valence-corrected chi connectivity index (χ1v) is 7.14. The van der Waals surface area contributed by atoms with Gasteiger partial charge in [-0.05, 0) is 42.0 Å². The highest BCUT2D eigenvalue weighted by molar-refractivity contribution is 9.10. The molecule has 0 bridgehead atoms. The highest BCUT2D eigenvalue weighted by Crippen LogP contribution is 2.37. The van der Waals surface area contributed by atoms with Crippen molar-refractivity contribution in [2.75, 3.05) is 12.8 Å². The molecule has 0 radical (unpaired) electrons. The number of nitrogen functional groups attached to an aromatic ring is 1. The number of hydrogen-bond donors (Lipinski definition) is 1. The zero-order chi connectivity index (χ0) is 14.8. The normalized spacial score (nSPS) is 10.6. The molecule has 0 aliphatic carbocycles. The van der Waals surface area contributed by atoms with Crippen LogP contribution in [0, 0.1) is 0 Å². The van der Waals surface area contributed by atoms with Crippen LogP contribution in [0.3, 0.4) is 0 Å². The molecule has 0 spiro atoms. The van der Waals surface area contributed by atoms with E-state index in [4.69, 9.17) is 15.0 Å². The number of nitrogens with zero attached hydrogens (tertiary/aromatic N) is 1. The number of anilines is 1. The number of hydrogen-bond acceptors (Lipinski definition) is 4. The van der Waals surface area contributed by atoms with Crippen LogP contribution in [0.2, 0.25) is 0 Å². The van der Waals surface area contributed by atoms with Crippen LogP contribution in [0.15, 0.2) is 57.5 Å². The van der Waals surface area contributed by atoms with E-state index in [0.29, 0.717) is 11.6 Å². The maximum atomic E-state index is 5.97. The van der Waals surface area contributed by atoms with Gasteiger partial charge < -0.3 is 15.0 Å². The van der Waals surface area contributed by atoms with Gasteiger partial charge in [-0.25, -0.2) is 0 Å². The van der Waals surface area contributed by atoms with E-state index in [1.54, 1.807) is 7.11 Å². The lowest BCUT2D eigenvalue weighted by molar-refractivity contribution is 0.415. The maximum absolute atomic E-state index is 5.97. The summed E-state index contributed by atoms with van der Waals surface area (Å²) < 4.78 is 11.6. The smallest absolute Gasteiger partial charge is 0.176 e. The average Bonchev–Trinajstić information content (AvgIpc) is 2.90. The molecule has 0 saturated heterocycles. The van der Waals surface area contributed by atoms with Gasteiger partial charge in [0.05, 0.1) is 12.7 Å². The van der Waals surface area contributed by atoms with Crippen LogP contribution in [0.5, 0.6) is 5.75 Å². The summed E-state index contributed by atoms with van der Waals surface area (Å²) in [6.07, 6.45) is 0. The minimum atomic E-state index is 0.373. The molecule has 5 heteroatoms. The van der Waals surface area contributed by atoms with E-state index >= 15 is 0 Å². The average molecular weight is 345 g/mol. The second-order valence-electron chi connectivity index (χ2n) is 4.51. The Bertz CT molecular complexity index is 749. The van der Waals surface area contributed by atoms with Gasteiger partial charge in [0.25, 0.3) is 0 Å². The number of ether oxygens (including phenoxy) is 1. The van der Waals surface area contributed by atoms with Crippen LogP contribution < -0.4 is 10.5 Å². The third-order valence-electron chi connectivity index (χ3n) is 3.20. The van der Waals surface area contributed by atoms with Gasteiger partial charge in [-0.1, -0.05) is 33.2 Å². The Labute approximate surface area is 130 Å². The van der Waals surface area contributed by atoms with E-state index in [1.165, 1.54) is 0 Å².